The summed E-state index contributed by atoms with van der Waals surface area (Å²) in [4.78, 5) is 10.5. The van der Waals surface area contributed by atoms with Crippen LogP contribution in [0.2, 0.25) is 5.02 Å². The highest BCUT2D eigenvalue weighted by molar-refractivity contribution is 7.98. The smallest absolute Gasteiger partial charge is 0.293 e. The number of nitrogens with zero attached hydrogens (tertiary/aromatic N) is 1. The molecule has 4 nitrogen and oxygen atoms in total. The minimum absolute atomic E-state index is 0.0369. The van der Waals surface area contributed by atoms with Crippen LogP contribution in [0.25, 0.3) is 0 Å². The number of nitro groups is 1. The van der Waals surface area contributed by atoms with E-state index in [2.05, 4.69) is 11.6 Å². The Labute approximate surface area is 123 Å². The minimum Gasteiger partial charge on any atom is -0.378 e. The van der Waals surface area contributed by atoms with Crippen LogP contribution < -0.4 is 5.32 Å². The molecule has 1 N–H and O–H groups in total. The van der Waals surface area contributed by atoms with Crippen LogP contribution in [0.4, 0.5) is 11.4 Å². The van der Waals surface area contributed by atoms with Crippen molar-refractivity contribution < 1.29 is 4.92 Å². The number of halogens is 1. The number of benzene rings is 1. The molecule has 0 heterocycles. The van der Waals surface area contributed by atoms with Gasteiger partial charge < -0.3 is 5.32 Å². The third kappa shape index (κ3) is 5.70. The maximum absolute atomic E-state index is 10.9. The molecule has 1 aromatic carbocycles. The topological polar surface area (TPSA) is 55.2 Å². The van der Waals surface area contributed by atoms with Crippen LogP contribution in [-0.4, -0.2) is 23.5 Å². The molecule has 0 spiro atoms. The van der Waals surface area contributed by atoms with Gasteiger partial charge >= 0.3 is 0 Å². The number of rotatable bonds is 9. The summed E-state index contributed by atoms with van der Waals surface area (Å²) >= 11 is 7.85. The van der Waals surface area contributed by atoms with Crippen LogP contribution in [-0.2, 0) is 0 Å². The second-order valence-corrected chi connectivity index (χ2v) is 5.62. The number of hydrogen-bond acceptors (Lipinski definition) is 4. The maximum atomic E-state index is 10.9. The second kappa shape index (κ2) is 9.04. The van der Waals surface area contributed by atoms with Crippen LogP contribution >= 0.6 is 23.4 Å². The number of nitro benzene ring substituents is 1. The number of hydrogen-bond donors (Lipinski definition) is 1. The molecule has 0 radical (unpaired) electrons. The Kier molecular flexibility index (Phi) is 7.67. The van der Waals surface area contributed by atoms with Gasteiger partial charge in [0, 0.05) is 12.6 Å². The molecule has 1 aromatic rings. The van der Waals surface area contributed by atoms with Crippen LogP contribution in [0.1, 0.15) is 25.7 Å². The average Bonchev–Trinajstić information content (AvgIpc) is 2.39. The molecule has 106 valence electrons. The van der Waals surface area contributed by atoms with Crippen molar-refractivity contribution in [3.8, 4) is 0 Å². The lowest BCUT2D eigenvalue weighted by molar-refractivity contribution is -0.383. The third-order valence-electron chi connectivity index (χ3n) is 2.77. The van der Waals surface area contributed by atoms with E-state index in [1.54, 1.807) is 12.1 Å². The summed E-state index contributed by atoms with van der Waals surface area (Å²) in [5.41, 5.74) is 0.466. The first-order valence-electron chi connectivity index (χ1n) is 6.32. The monoisotopic (exact) mass is 302 g/mol. The van der Waals surface area contributed by atoms with Crippen molar-refractivity contribution in [2.75, 3.05) is 23.9 Å². The van der Waals surface area contributed by atoms with Crippen LogP contribution in [0.3, 0.4) is 0 Å². The molecular formula is C13H19ClN2O2S. The van der Waals surface area contributed by atoms with E-state index in [4.69, 9.17) is 11.6 Å². The Balaban J connectivity index is 2.38. The molecule has 0 aliphatic rings. The van der Waals surface area contributed by atoms with Gasteiger partial charge in [0.05, 0.1) is 9.95 Å². The van der Waals surface area contributed by atoms with E-state index in [0.29, 0.717) is 17.3 Å². The van der Waals surface area contributed by atoms with Gasteiger partial charge in [0.15, 0.2) is 0 Å². The molecule has 6 heteroatoms. The lowest BCUT2D eigenvalue weighted by Crippen LogP contribution is -2.05. The molecule has 0 unspecified atom stereocenters. The molecule has 0 saturated heterocycles. The molecule has 0 atom stereocenters. The number of para-hydroxylation sites is 1. The fourth-order valence-electron chi connectivity index (χ4n) is 1.78. The van der Waals surface area contributed by atoms with Gasteiger partial charge in [-0.3, -0.25) is 10.1 Å². The van der Waals surface area contributed by atoms with Crippen molar-refractivity contribution in [1.82, 2.24) is 0 Å². The average molecular weight is 303 g/mol. The summed E-state index contributed by atoms with van der Waals surface area (Å²) in [6, 6.07) is 4.72. The van der Waals surface area contributed by atoms with Gasteiger partial charge in [0.1, 0.15) is 5.69 Å². The molecule has 0 aliphatic carbocycles. The van der Waals surface area contributed by atoms with Crippen molar-refractivity contribution in [3.63, 3.8) is 0 Å². The highest BCUT2D eigenvalue weighted by Gasteiger charge is 2.15. The number of nitrogens with one attached hydrogen (secondary N) is 1. The zero-order valence-corrected chi connectivity index (χ0v) is 12.6. The molecule has 0 saturated carbocycles. The summed E-state index contributed by atoms with van der Waals surface area (Å²) in [6.45, 7) is 0.712. The molecule has 0 bridgehead atoms. The standard InChI is InChI=1S/C13H19ClN2O2S/c1-19-10-5-3-2-4-9-15-13-11(14)7-6-8-12(13)16(17)18/h6-8,15H,2-5,9-10H2,1H3. The van der Waals surface area contributed by atoms with Crippen molar-refractivity contribution >= 4 is 34.7 Å². The first-order chi connectivity index (χ1) is 9.16. The van der Waals surface area contributed by atoms with Gasteiger partial charge in [-0.05, 0) is 30.9 Å². The molecule has 0 fully saturated rings. The van der Waals surface area contributed by atoms with Crippen molar-refractivity contribution in [3.05, 3.63) is 33.3 Å². The third-order valence-corrected chi connectivity index (χ3v) is 3.78. The largest absolute Gasteiger partial charge is 0.378 e. The molecule has 19 heavy (non-hydrogen) atoms. The molecule has 0 aromatic heterocycles. The summed E-state index contributed by atoms with van der Waals surface area (Å²) in [5, 5.41) is 14.4. The van der Waals surface area contributed by atoms with Gasteiger partial charge in [-0.1, -0.05) is 30.5 Å². The number of anilines is 1. The Morgan fingerprint density at radius 2 is 2.05 bits per heavy atom. The van der Waals surface area contributed by atoms with E-state index < -0.39 is 4.92 Å². The lowest BCUT2D eigenvalue weighted by atomic mass is 10.2. The van der Waals surface area contributed by atoms with E-state index in [1.807, 2.05) is 11.8 Å². The molecule has 0 aliphatic heterocycles. The van der Waals surface area contributed by atoms with E-state index in [9.17, 15) is 10.1 Å². The fraction of sp³-hybridized carbons (Fsp3) is 0.538. The highest BCUT2D eigenvalue weighted by atomic mass is 35.5. The first kappa shape index (κ1) is 16.1. The predicted molar refractivity (Wildman–Crippen MR) is 83.4 cm³/mol. The minimum atomic E-state index is -0.410. The quantitative estimate of drug-likeness (QED) is 0.412. The summed E-state index contributed by atoms with van der Waals surface area (Å²) in [6.07, 6.45) is 6.67. The zero-order chi connectivity index (χ0) is 14.1. The molecule has 0 amide bonds. The van der Waals surface area contributed by atoms with Gasteiger partial charge in [0.25, 0.3) is 5.69 Å². The lowest BCUT2D eigenvalue weighted by Gasteiger charge is -2.08. The van der Waals surface area contributed by atoms with E-state index in [1.165, 1.54) is 24.7 Å². The van der Waals surface area contributed by atoms with Crippen molar-refractivity contribution in [1.29, 1.82) is 0 Å². The van der Waals surface area contributed by atoms with Gasteiger partial charge in [-0.25, -0.2) is 0 Å². The number of unbranched alkanes of at least 4 members (excludes halogenated alkanes) is 3. The Morgan fingerprint density at radius 3 is 2.74 bits per heavy atom. The summed E-state index contributed by atoms with van der Waals surface area (Å²) in [5.74, 6) is 1.20. The molecular weight excluding hydrogens is 284 g/mol. The second-order valence-electron chi connectivity index (χ2n) is 4.22. The maximum Gasteiger partial charge on any atom is 0.293 e. The zero-order valence-electron chi connectivity index (χ0n) is 11.0. The fourth-order valence-corrected chi connectivity index (χ4v) is 2.51. The van der Waals surface area contributed by atoms with E-state index >= 15 is 0 Å². The van der Waals surface area contributed by atoms with E-state index in [-0.39, 0.29) is 5.69 Å². The summed E-state index contributed by atoms with van der Waals surface area (Å²) < 4.78 is 0. The first-order valence-corrected chi connectivity index (χ1v) is 8.09. The SMILES string of the molecule is CSCCCCCCNc1c(Cl)cccc1[N+](=O)[O-]. The molecule has 1 rings (SSSR count). The van der Waals surface area contributed by atoms with Crippen LogP contribution in [0.15, 0.2) is 18.2 Å². The van der Waals surface area contributed by atoms with Crippen molar-refractivity contribution in [2.45, 2.75) is 25.7 Å². The highest BCUT2D eigenvalue weighted by Crippen LogP contribution is 2.31. The Bertz CT molecular complexity index is 416. The Hall–Kier alpha value is -0.940. The van der Waals surface area contributed by atoms with Crippen LogP contribution in [0.5, 0.6) is 0 Å². The Morgan fingerprint density at radius 1 is 1.32 bits per heavy atom. The van der Waals surface area contributed by atoms with Gasteiger partial charge in [-0.15, -0.1) is 0 Å². The number of thioether (sulfide) groups is 1. The van der Waals surface area contributed by atoms with Crippen LogP contribution in [0, 0.1) is 10.1 Å². The van der Waals surface area contributed by atoms with Crippen molar-refractivity contribution in [2.24, 2.45) is 0 Å². The normalized spacial score (nSPS) is 10.4. The predicted octanol–water partition coefficient (Wildman–Crippen LogP) is 4.58. The van der Waals surface area contributed by atoms with Gasteiger partial charge in [-0.2, -0.15) is 11.8 Å². The summed E-state index contributed by atoms with van der Waals surface area (Å²) in [7, 11) is 0. The van der Waals surface area contributed by atoms with Gasteiger partial charge in [0.2, 0.25) is 0 Å². The van der Waals surface area contributed by atoms with E-state index in [0.717, 1.165) is 12.8 Å².